The van der Waals surface area contributed by atoms with Crippen molar-refractivity contribution in [3.8, 4) is 11.5 Å². The normalized spacial score (nSPS) is 14.9. The minimum atomic E-state index is -0.135. The summed E-state index contributed by atoms with van der Waals surface area (Å²) in [4.78, 5) is 2.45. The molecule has 0 atom stereocenters. The summed E-state index contributed by atoms with van der Waals surface area (Å²) in [5, 5.41) is 10.1. The predicted octanol–water partition coefficient (Wildman–Crippen LogP) is 5.47. The molecule has 1 aliphatic heterocycles. The highest BCUT2D eigenvalue weighted by Gasteiger charge is 2.23. The van der Waals surface area contributed by atoms with Crippen LogP contribution < -0.4 is 9.64 Å². The molecule has 3 rings (SSSR count). The van der Waals surface area contributed by atoms with Gasteiger partial charge in [0.25, 0.3) is 0 Å². The van der Waals surface area contributed by atoms with Crippen molar-refractivity contribution < 1.29 is 9.84 Å². The van der Waals surface area contributed by atoms with E-state index in [1.807, 2.05) is 12.1 Å². The van der Waals surface area contributed by atoms with E-state index in [4.69, 9.17) is 4.74 Å². The Bertz CT molecular complexity index is 728. The first-order valence-electron chi connectivity index (χ1n) is 9.68. The summed E-state index contributed by atoms with van der Waals surface area (Å²) in [7, 11) is 0. The highest BCUT2D eigenvalue weighted by Crippen LogP contribution is 2.33. The van der Waals surface area contributed by atoms with E-state index in [1.165, 1.54) is 29.7 Å². The van der Waals surface area contributed by atoms with Crippen LogP contribution in [0.5, 0.6) is 11.5 Å². The van der Waals surface area contributed by atoms with Crippen LogP contribution in [-0.2, 0) is 5.41 Å². The molecule has 0 amide bonds. The highest BCUT2D eigenvalue weighted by atomic mass is 16.5. The van der Waals surface area contributed by atoms with Gasteiger partial charge in [-0.1, -0.05) is 45.9 Å². The third-order valence-electron chi connectivity index (χ3n) is 5.36. The van der Waals surface area contributed by atoms with Crippen molar-refractivity contribution in [3.63, 3.8) is 0 Å². The van der Waals surface area contributed by atoms with Crippen molar-refractivity contribution in [2.24, 2.45) is 0 Å². The number of phenolic OH excluding ortho intramolecular Hbond substituents is 1. The Kier molecular flexibility index (Phi) is 5.45. The minimum Gasteiger partial charge on any atom is -0.504 e. The number of ether oxygens (including phenoxy) is 1. The molecule has 140 valence electrons. The fourth-order valence-electron chi connectivity index (χ4n) is 3.45. The number of hydrogen-bond donors (Lipinski definition) is 1. The molecule has 2 aromatic rings. The lowest BCUT2D eigenvalue weighted by atomic mass is 9.85. The fourth-order valence-corrected chi connectivity index (χ4v) is 3.45. The van der Waals surface area contributed by atoms with Crippen LogP contribution in [0, 0.1) is 0 Å². The van der Waals surface area contributed by atoms with Gasteiger partial charge in [0.1, 0.15) is 0 Å². The van der Waals surface area contributed by atoms with Crippen LogP contribution in [0.1, 0.15) is 57.6 Å². The van der Waals surface area contributed by atoms with Crippen molar-refractivity contribution >= 4 is 5.69 Å². The Labute approximate surface area is 157 Å². The Morgan fingerprint density at radius 1 is 1.04 bits per heavy atom. The molecular weight excluding hydrogens is 322 g/mol. The Morgan fingerprint density at radius 2 is 1.69 bits per heavy atom. The summed E-state index contributed by atoms with van der Waals surface area (Å²) in [5.41, 5.74) is 3.60. The molecule has 0 saturated carbocycles. The predicted molar refractivity (Wildman–Crippen MR) is 109 cm³/mol. The van der Waals surface area contributed by atoms with Crippen LogP contribution in [0.15, 0.2) is 42.5 Å². The van der Waals surface area contributed by atoms with Gasteiger partial charge in [-0.3, -0.25) is 0 Å². The molecule has 0 unspecified atom stereocenters. The average molecular weight is 354 g/mol. The number of anilines is 1. The molecule has 1 saturated heterocycles. The average Bonchev–Trinajstić information content (AvgIpc) is 3.15. The lowest BCUT2D eigenvalue weighted by Gasteiger charge is -2.27. The monoisotopic (exact) mass is 353 g/mol. The Morgan fingerprint density at radius 3 is 2.31 bits per heavy atom. The lowest BCUT2D eigenvalue weighted by Crippen LogP contribution is -2.26. The second-order valence-electron chi connectivity index (χ2n) is 8.30. The van der Waals surface area contributed by atoms with Crippen molar-refractivity contribution in [2.45, 2.75) is 51.9 Å². The van der Waals surface area contributed by atoms with Gasteiger partial charge >= 0.3 is 0 Å². The number of rotatable bonds is 6. The molecule has 3 heteroatoms. The third-order valence-corrected chi connectivity index (χ3v) is 5.36. The summed E-state index contributed by atoms with van der Waals surface area (Å²) in [6.45, 7) is 11.5. The van der Waals surface area contributed by atoms with E-state index in [-0.39, 0.29) is 11.2 Å². The fraction of sp³-hybridized carbons (Fsp3) is 0.478. The van der Waals surface area contributed by atoms with Crippen molar-refractivity contribution in [3.05, 3.63) is 53.6 Å². The van der Waals surface area contributed by atoms with E-state index < -0.39 is 0 Å². The molecule has 0 bridgehead atoms. The molecule has 1 aliphatic rings. The van der Waals surface area contributed by atoms with Crippen LogP contribution in [-0.4, -0.2) is 24.8 Å². The Balaban J connectivity index is 1.69. The van der Waals surface area contributed by atoms with Crippen LogP contribution in [0.3, 0.4) is 0 Å². The van der Waals surface area contributed by atoms with Crippen LogP contribution >= 0.6 is 0 Å². The first-order chi connectivity index (χ1) is 12.4. The molecule has 0 aromatic heterocycles. The first-order valence-corrected chi connectivity index (χ1v) is 9.68. The van der Waals surface area contributed by atoms with Gasteiger partial charge in [0.05, 0.1) is 6.61 Å². The molecule has 26 heavy (non-hydrogen) atoms. The summed E-state index contributed by atoms with van der Waals surface area (Å²) in [5.74, 6) is 1.18. The topological polar surface area (TPSA) is 32.7 Å². The van der Waals surface area contributed by atoms with E-state index in [9.17, 15) is 5.11 Å². The molecule has 3 nitrogen and oxygen atoms in total. The maximum atomic E-state index is 10.1. The first kappa shape index (κ1) is 18.6. The number of nitrogens with zero attached hydrogens (tertiary/aromatic N) is 1. The summed E-state index contributed by atoms with van der Waals surface area (Å²) >= 11 is 0. The minimum absolute atomic E-state index is 0.135. The second kappa shape index (κ2) is 7.61. The van der Waals surface area contributed by atoms with E-state index in [0.717, 1.165) is 13.1 Å². The number of aromatic hydroxyl groups is 1. The van der Waals surface area contributed by atoms with E-state index >= 15 is 0 Å². The van der Waals surface area contributed by atoms with E-state index in [2.05, 4.69) is 56.9 Å². The highest BCUT2D eigenvalue weighted by molar-refractivity contribution is 5.49. The molecule has 1 N–H and O–H groups in total. The molecule has 0 aliphatic carbocycles. The van der Waals surface area contributed by atoms with Gasteiger partial charge in [-0.2, -0.15) is 0 Å². The smallest absolute Gasteiger partial charge is 0.161 e. The van der Waals surface area contributed by atoms with E-state index in [1.54, 1.807) is 6.07 Å². The van der Waals surface area contributed by atoms with Crippen molar-refractivity contribution in [2.75, 3.05) is 24.6 Å². The molecule has 0 spiro atoms. The third kappa shape index (κ3) is 4.14. The van der Waals surface area contributed by atoms with Crippen molar-refractivity contribution in [1.82, 2.24) is 0 Å². The zero-order chi connectivity index (χ0) is 18.7. The van der Waals surface area contributed by atoms with Gasteiger partial charge < -0.3 is 14.7 Å². The summed E-state index contributed by atoms with van der Waals surface area (Å²) < 4.78 is 6.02. The van der Waals surface area contributed by atoms with Crippen LogP contribution in [0.2, 0.25) is 0 Å². The van der Waals surface area contributed by atoms with Gasteiger partial charge in [0.2, 0.25) is 0 Å². The maximum absolute atomic E-state index is 10.1. The van der Waals surface area contributed by atoms with Gasteiger partial charge in [-0.05, 0) is 54.2 Å². The second-order valence-corrected chi connectivity index (χ2v) is 8.30. The van der Waals surface area contributed by atoms with Crippen LogP contribution in [0.25, 0.3) is 0 Å². The summed E-state index contributed by atoms with van der Waals surface area (Å²) in [6.07, 6.45) is 2.58. The van der Waals surface area contributed by atoms with Crippen LogP contribution in [0.4, 0.5) is 5.69 Å². The molecule has 0 radical (unpaired) electrons. The number of hydrogen-bond acceptors (Lipinski definition) is 3. The van der Waals surface area contributed by atoms with Gasteiger partial charge in [-0.25, -0.2) is 0 Å². The van der Waals surface area contributed by atoms with Crippen molar-refractivity contribution in [1.29, 1.82) is 0 Å². The largest absolute Gasteiger partial charge is 0.504 e. The maximum Gasteiger partial charge on any atom is 0.161 e. The van der Waals surface area contributed by atoms with E-state index in [0.29, 0.717) is 18.3 Å². The number of benzene rings is 2. The zero-order valence-corrected chi connectivity index (χ0v) is 16.5. The van der Waals surface area contributed by atoms with Gasteiger partial charge in [0, 0.05) is 24.2 Å². The molecule has 2 aromatic carbocycles. The molecular formula is C23H31NO2. The standard InChI is InChI=1S/C23H31NO2/c1-17(2)18-7-12-21(25)22(15-18)26-16-23(3,4)19-8-10-20(11-9-19)24-13-5-6-14-24/h7-12,15,17,25H,5-6,13-14,16H2,1-4H3. The van der Waals surface area contributed by atoms with Gasteiger partial charge in [0.15, 0.2) is 11.5 Å². The molecule has 1 heterocycles. The Hall–Kier alpha value is -2.16. The van der Waals surface area contributed by atoms with Gasteiger partial charge in [-0.15, -0.1) is 0 Å². The SMILES string of the molecule is CC(C)c1ccc(O)c(OCC(C)(C)c2ccc(N3CCCC3)cc2)c1. The quantitative estimate of drug-likeness (QED) is 0.747. The lowest BCUT2D eigenvalue weighted by molar-refractivity contribution is 0.232. The zero-order valence-electron chi connectivity index (χ0n) is 16.5. The number of phenols is 1. The molecule has 1 fully saturated rings. The summed E-state index contributed by atoms with van der Waals surface area (Å²) in [6, 6.07) is 14.5.